The van der Waals surface area contributed by atoms with Crippen molar-refractivity contribution in [2.24, 2.45) is 0 Å². The van der Waals surface area contributed by atoms with E-state index in [0.717, 1.165) is 31.2 Å². The van der Waals surface area contributed by atoms with Gasteiger partial charge >= 0.3 is 0 Å². The molecule has 1 aliphatic carbocycles. The summed E-state index contributed by atoms with van der Waals surface area (Å²) < 4.78 is 0. The molecule has 1 aliphatic heterocycles. The topological polar surface area (TPSA) is 105 Å². The van der Waals surface area contributed by atoms with E-state index in [1.807, 2.05) is 12.1 Å². The minimum atomic E-state index is -0.515. The van der Waals surface area contributed by atoms with Crippen LogP contribution in [0.3, 0.4) is 0 Å². The van der Waals surface area contributed by atoms with Gasteiger partial charge in [-0.1, -0.05) is 12.1 Å². The van der Waals surface area contributed by atoms with Gasteiger partial charge in [-0.05, 0) is 55.5 Å². The van der Waals surface area contributed by atoms with Crippen LogP contribution in [-0.2, 0) is 6.54 Å². The lowest BCUT2D eigenvalue weighted by atomic mass is 10.1. The van der Waals surface area contributed by atoms with Crippen LogP contribution in [0.25, 0.3) is 0 Å². The smallest absolute Gasteiger partial charge is 0.282 e. The number of amides is 2. The van der Waals surface area contributed by atoms with Crippen LogP contribution in [0.15, 0.2) is 42.5 Å². The molecule has 1 heterocycles. The lowest BCUT2D eigenvalue weighted by Gasteiger charge is -2.16. The molecule has 0 radical (unpaired) electrons. The fourth-order valence-corrected chi connectivity index (χ4v) is 3.54. The van der Waals surface area contributed by atoms with Crippen LogP contribution in [-0.4, -0.2) is 40.8 Å². The maximum Gasteiger partial charge on any atom is 0.282 e. The van der Waals surface area contributed by atoms with Crippen molar-refractivity contribution in [3.05, 3.63) is 69.3 Å². The molecule has 2 N–H and O–H groups in total. The molecule has 2 aromatic rings. The van der Waals surface area contributed by atoms with Crippen molar-refractivity contribution in [3.63, 3.8) is 0 Å². The second-order valence-electron chi connectivity index (χ2n) is 7.79. The first-order valence-electron chi connectivity index (χ1n) is 10.2. The first-order chi connectivity index (χ1) is 14.5. The average molecular weight is 408 g/mol. The quantitative estimate of drug-likeness (QED) is 0.540. The number of nitro groups is 1. The molecule has 1 saturated heterocycles. The van der Waals surface area contributed by atoms with E-state index in [1.54, 1.807) is 29.2 Å². The van der Waals surface area contributed by atoms with E-state index in [-0.39, 0.29) is 23.1 Å². The van der Waals surface area contributed by atoms with Gasteiger partial charge in [0, 0.05) is 43.0 Å². The van der Waals surface area contributed by atoms with Crippen molar-refractivity contribution >= 4 is 23.2 Å². The summed E-state index contributed by atoms with van der Waals surface area (Å²) in [5.74, 6) is -0.355. The van der Waals surface area contributed by atoms with Crippen LogP contribution in [0.4, 0.5) is 11.4 Å². The molecule has 0 unspecified atom stereocenters. The van der Waals surface area contributed by atoms with Gasteiger partial charge in [0.1, 0.15) is 5.56 Å². The van der Waals surface area contributed by atoms with Crippen LogP contribution in [0, 0.1) is 10.1 Å². The molecule has 0 aromatic heterocycles. The number of likely N-dealkylation sites (tertiary alicyclic amines) is 1. The highest BCUT2D eigenvalue weighted by molar-refractivity contribution is 5.99. The Bertz CT molecular complexity index is 964. The summed E-state index contributed by atoms with van der Waals surface area (Å²) in [5.41, 5.74) is 2.16. The predicted octanol–water partition coefficient (Wildman–Crippen LogP) is 3.34. The van der Waals surface area contributed by atoms with Crippen molar-refractivity contribution in [1.29, 1.82) is 0 Å². The normalized spacial score (nSPS) is 15.7. The molecular weight excluding hydrogens is 384 g/mol. The summed E-state index contributed by atoms with van der Waals surface area (Å²) in [5, 5.41) is 17.5. The van der Waals surface area contributed by atoms with E-state index in [0.29, 0.717) is 36.9 Å². The molecule has 156 valence electrons. The SMILES string of the molecule is O=C(NC1CC1)c1ccc(CNc2ccc([N+](=O)[O-])c(C(=O)N3CCCC3)c2)cc1. The van der Waals surface area contributed by atoms with E-state index in [2.05, 4.69) is 10.6 Å². The summed E-state index contributed by atoms with van der Waals surface area (Å²) in [6.07, 6.45) is 3.94. The van der Waals surface area contributed by atoms with Crippen molar-refractivity contribution in [2.75, 3.05) is 18.4 Å². The number of carbonyl (C=O) groups excluding carboxylic acids is 2. The first-order valence-corrected chi connectivity index (χ1v) is 10.2. The monoisotopic (exact) mass is 408 g/mol. The summed E-state index contributed by atoms with van der Waals surface area (Å²) in [4.78, 5) is 37.3. The highest BCUT2D eigenvalue weighted by atomic mass is 16.6. The Balaban J connectivity index is 1.43. The molecule has 1 saturated carbocycles. The maximum atomic E-state index is 12.7. The number of rotatable bonds is 7. The Morgan fingerprint density at radius 2 is 1.77 bits per heavy atom. The Morgan fingerprint density at radius 3 is 2.40 bits per heavy atom. The zero-order valence-corrected chi connectivity index (χ0v) is 16.6. The number of hydrogen-bond donors (Lipinski definition) is 2. The van der Waals surface area contributed by atoms with E-state index in [1.165, 1.54) is 6.07 Å². The van der Waals surface area contributed by atoms with Gasteiger partial charge in [0.15, 0.2) is 0 Å². The third kappa shape index (κ3) is 4.59. The molecule has 0 bridgehead atoms. The van der Waals surface area contributed by atoms with Gasteiger partial charge in [-0.15, -0.1) is 0 Å². The van der Waals surface area contributed by atoms with Crippen molar-refractivity contribution in [3.8, 4) is 0 Å². The molecule has 0 atom stereocenters. The van der Waals surface area contributed by atoms with Gasteiger partial charge in [-0.2, -0.15) is 0 Å². The number of benzene rings is 2. The molecule has 8 heteroatoms. The zero-order valence-electron chi connectivity index (χ0n) is 16.6. The first kappa shape index (κ1) is 19.9. The fraction of sp³-hybridized carbons (Fsp3) is 0.364. The van der Waals surface area contributed by atoms with Crippen LogP contribution in [0.2, 0.25) is 0 Å². The number of hydrogen-bond acceptors (Lipinski definition) is 5. The molecule has 2 aromatic carbocycles. The number of carbonyl (C=O) groups is 2. The van der Waals surface area contributed by atoms with Gasteiger partial charge in [-0.3, -0.25) is 19.7 Å². The molecule has 2 fully saturated rings. The van der Waals surface area contributed by atoms with Gasteiger partial charge in [0.25, 0.3) is 17.5 Å². The molecule has 8 nitrogen and oxygen atoms in total. The van der Waals surface area contributed by atoms with Crippen molar-refractivity contribution in [2.45, 2.75) is 38.3 Å². The molecule has 0 spiro atoms. The third-order valence-electron chi connectivity index (χ3n) is 5.44. The van der Waals surface area contributed by atoms with Crippen LogP contribution in [0.1, 0.15) is 52.0 Å². The van der Waals surface area contributed by atoms with Crippen molar-refractivity contribution in [1.82, 2.24) is 10.2 Å². The molecule has 2 amide bonds. The van der Waals surface area contributed by atoms with Crippen LogP contribution >= 0.6 is 0 Å². The number of anilines is 1. The Kier molecular flexibility index (Phi) is 5.65. The predicted molar refractivity (Wildman–Crippen MR) is 112 cm³/mol. The number of nitrogens with zero attached hydrogens (tertiary/aromatic N) is 2. The minimum Gasteiger partial charge on any atom is -0.381 e. The Hall–Kier alpha value is -3.42. The minimum absolute atomic E-state index is 0.0579. The lowest BCUT2D eigenvalue weighted by Crippen LogP contribution is -2.28. The molecule has 30 heavy (non-hydrogen) atoms. The van der Waals surface area contributed by atoms with Crippen molar-refractivity contribution < 1.29 is 14.5 Å². The molecular formula is C22H24N4O4. The summed E-state index contributed by atoms with van der Waals surface area (Å²) in [7, 11) is 0. The summed E-state index contributed by atoms with van der Waals surface area (Å²) in [6.45, 7) is 1.74. The van der Waals surface area contributed by atoms with E-state index in [9.17, 15) is 19.7 Å². The fourth-order valence-electron chi connectivity index (χ4n) is 3.54. The van der Waals surface area contributed by atoms with Gasteiger partial charge in [-0.25, -0.2) is 0 Å². The van der Waals surface area contributed by atoms with Gasteiger partial charge in [0.05, 0.1) is 4.92 Å². The Morgan fingerprint density at radius 1 is 1.07 bits per heavy atom. The van der Waals surface area contributed by atoms with Gasteiger partial charge < -0.3 is 15.5 Å². The molecule has 2 aliphatic rings. The largest absolute Gasteiger partial charge is 0.381 e. The van der Waals surface area contributed by atoms with Crippen LogP contribution in [0.5, 0.6) is 0 Å². The third-order valence-corrected chi connectivity index (χ3v) is 5.44. The Labute approximate surface area is 174 Å². The lowest BCUT2D eigenvalue weighted by molar-refractivity contribution is -0.385. The highest BCUT2D eigenvalue weighted by Gasteiger charge is 2.27. The second kappa shape index (κ2) is 8.52. The summed E-state index contributed by atoms with van der Waals surface area (Å²) >= 11 is 0. The van der Waals surface area contributed by atoms with E-state index >= 15 is 0 Å². The van der Waals surface area contributed by atoms with Gasteiger partial charge in [0.2, 0.25) is 0 Å². The van der Waals surface area contributed by atoms with E-state index in [4.69, 9.17) is 0 Å². The zero-order chi connectivity index (χ0) is 21.1. The average Bonchev–Trinajstić information content (AvgIpc) is 3.39. The maximum absolute atomic E-state index is 12.7. The van der Waals surface area contributed by atoms with E-state index < -0.39 is 4.92 Å². The summed E-state index contributed by atoms with van der Waals surface area (Å²) in [6, 6.07) is 12.2. The molecule has 4 rings (SSSR count). The number of nitrogens with one attached hydrogen (secondary N) is 2. The highest BCUT2D eigenvalue weighted by Crippen LogP contribution is 2.26. The standard InChI is InChI=1S/C22H24N4O4/c27-21(24-17-7-8-17)16-5-3-15(4-6-16)14-23-18-9-10-20(26(29)30)19(13-18)22(28)25-11-1-2-12-25/h3-6,9-10,13,17,23H,1-2,7-8,11-12,14H2,(H,24,27). The van der Waals surface area contributed by atoms with Crippen LogP contribution < -0.4 is 10.6 Å². The number of nitro benzene ring substituents is 1. The second-order valence-corrected chi connectivity index (χ2v) is 7.79.